The highest BCUT2D eigenvalue weighted by molar-refractivity contribution is 5.98. The van der Waals surface area contributed by atoms with E-state index in [4.69, 9.17) is 4.84 Å². The normalized spacial score (nSPS) is 17.4. The van der Waals surface area contributed by atoms with Gasteiger partial charge >= 0.3 is 0 Å². The van der Waals surface area contributed by atoms with Crippen molar-refractivity contribution in [3.63, 3.8) is 0 Å². The molecule has 1 aliphatic heterocycles. The van der Waals surface area contributed by atoms with E-state index in [0.29, 0.717) is 18.0 Å². The van der Waals surface area contributed by atoms with Crippen molar-refractivity contribution in [3.05, 3.63) is 83.6 Å². The minimum atomic E-state index is -0.262. The van der Waals surface area contributed by atoms with E-state index in [9.17, 15) is 4.79 Å². The lowest BCUT2D eigenvalue weighted by molar-refractivity contribution is 0.0513. The molecular weight excluding hydrogens is 376 g/mol. The van der Waals surface area contributed by atoms with Crippen LogP contribution in [0.4, 0.5) is 5.82 Å². The van der Waals surface area contributed by atoms with Crippen molar-refractivity contribution in [2.24, 2.45) is 0 Å². The first kappa shape index (κ1) is 20.2. The molecule has 0 radical (unpaired) electrons. The molecular formula is C24H28N4O2. The van der Waals surface area contributed by atoms with Gasteiger partial charge in [-0.15, -0.1) is 0 Å². The minimum absolute atomic E-state index is 0.0235. The van der Waals surface area contributed by atoms with Crippen LogP contribution in [0.3, 0.4) is 0 Å². The quantitative estimate of drug-likeness (QED) is 0.672. The Hall–Kier alpha value is -3.12. The summed E-state index contributed by atoms with van der Waals surface area (Å²) in [6.45, 7) is 4.80. The van der Waals surface area contributed by atoms with E-state index in [1.807, 2.05) is 46.1 Å². The average molecular weight is 405 g/mol. The Bertz CT molecular complexity index is 999. The topological polar surface area (TPSA) is 59.4 Å². The van der Waals surface area contributed by atoms with Gasteiger partial charge in [-0.25, -0.2) is 9.75 Å². The lowest BCUT2D eigenvalue weighted by Gasteiger charge is -2.44. The van der Waals surface area contributed by atoms with E-state index in [1.165, 1.54) is 5.56 Å². The molecule has 1 aliphatic rings. The van der Waals surface area contributed by atoms with Crippen molar-refractivity contribution in [1.29, 1.82) is 0 Å². The zero-order valence-corrected chi connectivity index (χ0v) is 17.7. The molecule has 1 amide bonds. The molecule has 1 N–H and O–H groups in total. The second kappa shape index (κ2) is 8.32. The molecule has 6 heteroatoms. The zero-order valence-electron chi connectivity index (χ0n) is 17.7. The third-order valence-corrected chi connectivity index (χ3v) is 5.62. The van der Waals surface area contributed by atoms with E-state index < -0.39 is 0 Å². The summed E-state index contributed by atoms with van der Waals surface area (Å²) in [6, 6.07) is 20.6. The molecule has 0 spiro atoms. The highest BCUT2D eigenvalue weighted by Gasteiger charge is 2.42. The predicted octanol–water partition coefficient (Wildman–Crippen LogP) is 4.10. The number of nitrogens with zero attached hydrogens (tertiary/aromatic N) is 3. The first-order valence-corrected chi connectivity index (χ1v) is 10.3. The summed E-state index contributed by atoms with van der Waals surface area (Å²) in [6.07, 6.45) is 3.23. The summed E-state index contributed by atoms with van der Waals surface area (Å²) in [5.41, 5.74) is 2.62. The molecule has 1 aromatic heterocycles. The molecule has 156 valence electrons. The molecule has 2 aromatic carbocycles. The molecule has 6 nitrogen and oxygen atoms in total. The van der Waals surface area contributed by atoms with E-state index in [1.54, 1.807) is 13.2 Å². The average Bonchev–Trinajstić information content (AvgIpc) is 3.22. The van der Waals surface area contributed by atoms with E-state index in [-0.39, 0.29) is 17.5 Å². The Morgan fingerprint density at radius 3 is 2.47 bits per heavy atom. The van der Waals surface area contributed by atoms with E-state index >= 15 is 0 Å². The smallest absolute Gasteiger partial charge is 0.256 e. The zero-order chi connectivity index (χ0) is 21.1. The molecule has 30 heavy (non-hydrogen) atoms. The van der Waals surface area contributed by atoms with Gasteiger partial charge in [-0.3, -0.25) is 9.63 Å². The van der Waals surface area contributed by atoms with Gasteiger partial charge in [0.05, 0.1) is 24.4 Å². The van der Waals surface area contributed by atoms with Gasteiger partial charge < -0.3 is 5.32 Å². The van der Waals surface area contributed by atoms with Crippen LogP contribution in [0.2, 0.25) is 0 Å². The van der Waals surface area contributed by atoms with Crippen LogP contribution in [0, 0.1) is 0 Å². The van der Waals surface area contributed by atoms with Crippen LogP contribution in [0.1, 0.15) is 47.8 Å². The Morgan fingerprint density at radius 2 is 1.80 bits per heavy atom. The van der Waals surface area contributed by atoms with Gasteiger partial charge in [0.25, 0.3) is 5.91 Å². The van der Waals surface area contributed by atoms with E-state index in [0.717, 1.165) is 18.4 Å². The Kier molecular flexibility index (Phi) is 5.59. The summed E-state index contributed by atoms with van der Waals surface area (Å²) in [5.74, 6) is 0.532. The first-order chi connectivity index (χ1) is 14.5. The highest BCUT2D eigenvalue weighted by Crippen LogP contribution is 2.44. The second-order valence-corrected chi connectivity index (χ2v) is 8.21. The molecule has 4 rings (SSSR count). The number of aromatic nitrogens is 2. The van der Waals surface area contributed by atoms with Crippen molar-refractivity contribution in [3.8, 4) is 0 Å². The Morgan fingerprint density at radius 1 is 1.13 bits per heavy atom. The van der Waals surface area contributed by atoms with Crippen LogP contribution in [-0.2, 0) is 16.8 Å². The third kappa shape index (κ3) is 3.83. The number of hydrogen-bond acceptors (Lipinski definition) is 4. The summed E-state index contributed by atoms with van der Waals surface area (Å²) in [5, 5.41) is 9.17. The van der Waals surface area contributed by atoms with E-state index in [2.05, 4.69) is 48.5 Å². The van der Waals surface area contributed by atoms with Gasteiger partial charge in [-0.05, 0) is 37.8 Å². The fourth-order valence-corrected chi connectivity index (χ4v) is 4.07. The highest BCUT2D eigenvalue weighted by atomic mass is 16.7. The fraction of sp³-hybridized carbons (Fsp3) is 0.333. The molecule has 3 aromatic rings. The number of nitrogens with one attached hydrogen (secondary N) is 1. The minimum Gasteiger partial charge on any atom is -0.355 e. The number of fused-ring (bicyclic) bond motifs is 1. The molecule has 0 saturated heterocycles. The van der Waals surface area contributed by atoms with Crippen LogP contribution in [0.25, 0.3) is 0 Å². The fourth-order valence-electron chi connectivity index (χ4n) is 4.07. The van der Waals surface area contributed by atoms with Crippen molar-refractivity contribution < 1.29 is 9.63 Å². The number of rotatable bonds is 6. The third-order valence-electron chi connectivity index (χ3n) is 5.62. The van der Waals surface area contributed by atoms with Crippen LogP contribution in [-0.4, -0.2) is 29.3 Å². The number of anilines is 1. The number of amides is 1. The number of carbonyl (C=O) groups excluding carboxylic acids is 1. The Balaban J connectivity index is 1.71. The van der Waals surface area contributed by atoms with Crippen LogP contribution < -0.4 is 10.4 Å². The SMILES string of the molecule is CNC(=O)c1cnn2c1N(OCCc1ccccc1)C(c1ccccc1)CC2(C)C. The molecule has 2 heterocycles. The van der Waals surface area contributed by atoms with Gasteiger partial charge in [0.15, 0.2) is 5.82 Å². The maximum Gasteiger partial charge on any atom is 0.256 e. The maximum absolute atomic E-state index is 12.6. The summed E-state index contributed by atoms with van der Waals surface area (Å²) < 4.78 is 1.92. The molecule has 1 atom stereocenters. The summed E-state index contributed by atoms with van der Waals surface area (Å²) in [4.78, 5) is 19.0. The van der Waals surface area contributed by atoms with Crippen molar-refractivity contribution >= 4 is 11.7 Å². The monoisotopic (exact) mass is 404 g/mol. The number of hydroxylamine groups is 1. The number of carbonyl (C=O) groups is 1. The predicted molar refractivity (Wildman–Crippen MR) is 117 cm³/mol. The Labute approximate surface area is 177 Å². The van der Waals surface area contributed by atoms with Crippen LogP contribution in [0.5, 0.6) is 0 Å². The molecule has 0 bridgehead atoms. The van der Waals surface area contributed by atoms with Crippen molar-refractivity contribution in [2.45, 2.75) is 38.3 Å². The lowest BCUT2D eigenvalue weighted by atomic mass is 9.88. The van der Waals surface area contributed by atoms with Crippen molar-refractivity contribution in [2.75, 3.05) is 18.7 Å². The standard InChI is InChI=1S/C24H28N4O2/c1-24(2)16-21(19-12-8-5-9-13-19)27(30-15-14-18-10-6-4-7-11-18)23-20(22(29)25-3)17-26-28(23)24/h4-13,17,21H,14-16H2,1-3H3,(H,25,29). The van der Waals surface area contributed by atoms with Gasteiger partial charge in [-0.2, -0.15) is 5.10 Å². The van der Waals surface area contributed by atoms with Crippen LogP contribution in [0.15, 0.2) is 66.9 Å². The van der Waals surface area contributed by atoms with Gasteiger partial charge in [0.1, 0.15) is 5.56 Å². The molecule has 0 fully saturated rings. The molecule has 0 saturated carbocycles. The molecule has 1 unspecified atom stereocenters. The second-order valence-electron chi connectivity index (χ2n) is 8.21. The summed E-state index contributed by atoms with van der Waals surface area (Å²) in [7, 11) is 1.63. The first-order valence-electron chi connectivity index (χ1n) is 10.3. The number of hydrogen-bond donors (Lipinski definition) is 1. The van der Waals surface area contributed by atoms with Gasteiger partial charge in [0, 0.05) is 7.05 Å². The lowest BCUT2D eigenvalue weighted by Crippen LogP contribution is -2.45. The maximum atomic E-state index is 12.6. The van der Waals surface area contributed by atoms with Crippen molar-refractivity contribution in [1.82, 2.24) is 15.1 Å². The molecule has 0 aliphatic carbocycles. The largest absolute Gasteiger partial charge is 0.355 e. The number of benzene rings is 2. The summed E-state index contributed by atoms with van der Waals surface area (Å²) >= 11 is 0. The van der Waals surface area contributed by atoms with Gasteiger partial charge in [0.2, 0.25) is 0 Å². The van der Waals surface area contributed by atoms with Gasteiger partial charge in [-0.1, -0.05) is 60.7 Å². The van der Waals surface area contributed by atoms with Crippen LogP contribution >= 0.6 is 0 Å².